The number of amides is 6. The number of carbonyl (C=O) groups excluding carboxylic acids is 14. The molecule has 1 aromatic rings. The molecule has 6 amide bonds. The molecular formula is C114H180N6O24S3. The maximum absolute atomic E-state index is 12.7. The number of aliphatic hydroxyl groups is 4. The fourth-order valence-electron chi connectivity index (χ4n) is 26.3. The molecule has 0 aromatic heterocycles. The summed E-state index contributed by atoms with van der Waals surface area (Å²) in [6.07, 6.45) is 29.0. The van der Waals surface area contributed by atoms with E-state index in [1.165, 1.54) is 87.1 Å². The Morgan fingerprint density at radius 2 is 1.10 bits per heavy atom. The molecule has 22 atom stereocenters. The topological polar surface area (TPSA) is 489 Å². The fourth-order valence-corrected chi connectivity index (χ4v) is 29.4. The number of hydrogen-bond donors (Lipinski definition) is 11. The second-order valence-electron chi connectivity index (χ2n) is 46.9. The Labute approximate surface area is 889 Å². The van der Waals surface area contributed by atoms with Gasteiger partial charge in [0.05, 0.1) is 34.5 Å². The number of esters is 7. The summed E-state index contributed by atoms with van der Waals surface area (Å²) in [7, 11) is 4.88. The molecule has 6 saturated carbocycles. The van der Waals surface area contributed by atoms with E-state index >= 15 is 0 Å². The minimum Gasteiger partial charge on any atom is -0.504 e. The van der Waals surface area contributed by atoms with E-state index in [9.17, 15) is 82.4 Å². The molecule has 13 N–H and O–H groups in total. The Bertz CT molecular complexity index is 5180. The normalized spacial score (nSPS) is 32.7. The highest BCUT2D eigenvalue weighted by Gasteiger charge is 2.64. The fraction of sp³-hybridized carbons (Fsp3) is 0.719. The lowest BCUT2D eigenvalue weighted by Gasteiger charge is -2.65. The van der Waals surface area contributed by atoms with Crippen molar-refractivity contribution in [1.29, 1.82) is 0 Å². The first-order valence-electron chi connectivity index (χ1n) is 52.2. The van der Waals surface area contributed by atoms with Gasteiger partial charge in [0.1, 0.15) is 18.1 Å². The SMILES string of the molecule is C/C=C1\C([C@]2(C)CC[C@@]3(C)C[C@](C)(CCC(C)(C)C(N)=O)CC[C@]3(C)C2)=CC(=O)C(O)=C1C.CC(=O)OC(C)=O.CC[C@]1(C)C2=CC(SC[C@H](NC(C)=O)C(=O)OC)C(=C(\C)CO)/C(=C\CO)[C@]2(C)CC[C@@]1(C)[C@@H]1C[C@](C)(C(N)=O)CC[C@H]1C.CO.COC(=O)[C@H](CS)NC(C)=O.COC(=O)[C@H](CSC1CC2[C@@H](C)CC[C@@]3(C)CC[C@@](C)(C(N)=O)C[C@H]3[C@H](C)CC[C@@]2(C)c2cc(OC(C)=O)c(OC(C)=O)c(C)c21)NC(C)=O. The van der Waals surface area contributed by atoms with Gasteiger partial charge in [0.2, 0.25) is 41.2 Å². The Morgan fingerprint density at radius 1 is 0.605 bits per heavy atom. The van der Waals surface area contributed by atoms with Crippen LogP contribution in [-0.2, 0) is 91.5 Å². The Morgan fingerprint density at radius 3 is 1.58 bits per heavy atom. The van der Waals surface area contributed by atoms with Gasteiger partial charge in [-0.15, -0.1) is 11.8 Å². The van der Waals surface area contributed by atoms with Crippen molar-refractivity contribution >= 4 is 119 Å². The predicted octanol–water partition coefficient (Wildman–Crippen LogP) is 18.1. The van der Waals surface area contributed by atoms with Crippen LogP contribution in [0.5, 0.6) is 11.5 Å². The lowest BCUT2D eigenvalue weighted by molar-refractivity contribution is -0.156. The standard InChI is InChI=1S/C39H58N2O8S.C35H56N2O6S.C29H45NO3.C6H11NO3S.C4H6O3.CH4O/c1-21-11-13-37(7)15-16-38(8,36(40)46)19-29(37)22(2)12-14-39(9)27(21)18-32(50-20-30(35(45)47-10)41-24(4)42)33-23(3)34(49-26(6)44)31(17-28(33)39)48-25(5)43;1-10-34(7)28-17-27(44-20-26(30(41)43-9)37-23(4)40)29(22(3)19-39)24(12-16-38)33(28,6)14-15-35(34,8)25-18-32(5,31(36)42)13-11-21(25)2;1-9-20-19(2)23(32)22(31)16-21(20)27(6)13-15-28(7)17-26(5,12-14-29(28,8)18-27)11-10-25(3,4)24(30)33;1-4(8)7-5(3-11)6(9)10-2;1-3(5)7-4(2)6;1-2/h17,21-22,27,29-30,32H,11-16,18-20H2,1-10H3,(H2,40,46)(H,41,42);12,17,21,25-27,38-39H,10-11,13-16,18-20H2,1-9H3,(H2,36,42)(H,37,40);9,16,32H,10-15,17-18H2,1-8H3,(H2,30,33);5,11H,3H2,1-2H3,(H,7,8);1-2H3;2H,1H3/b;24-12+,29-22+;20-9-;;;/t21-,22+,27?,29-,30-,32?,37-,38+,39+;21-,25-,26+,27?,32-,33+,34-,35+;26-,27-,28+,29-;5-;;/m0110../s1. The van der Waals surface area contributed by atoms with Crippen molar-refractivity contribution in [2.45, 2.75) is 369 Å². The summed E-state index contributed by atoms with van der Waals surface area (Å²) in [4.78, 5) is 165. The average molecular weight is 2110 g/mol. The average Bonchev–Trinajstić information content (AvgIpc) is 0.688. The van der Waals surface area contributed by atoms with E-state index in [1.807, 2.05) is 73.6 Å². The van der Waals surface area contributed by atoms with Crippen molar-refractivity contribution < 1.29 is 116 Å². The van der Waals surface area contributed by atoms with Crippen LogP contribution in [0.4, 0.5) is 0 Å². The number of ether oxygens (including phenoxy) is 6. The number of thioether (sulfide) groups is 2. The number of hydrogen-bond acceptors (Lipinski definition) is 27. The zero-order valence-electron chi connectivity index (χ0n) is 94.3. The maximum Gasteiger partial charge on any atom is 0.329 e. The number of aliphatic hydroxyl groups excluding tert-OH is 4. The van der Waals surface area contributed by atoms with Crippen LogP contribution in [0.1, 0.15) is 350 Å². The van der Waals surface area contributed by atoms with Gasteiger partial charge in [-0.05, 0) is 299 Å². The highest BCUT2D eigenvalue weighted by Crippen LogP contribution is 2.73. The first-order chi connectivity index (χ1) is 68.0. The van der Waals surface area contributed by atoms with Gasteiger partial charge >= 0.3 is 41.8 Å². The Hall–Kier alpha value is -8.63. The summed E-state index contributed by atoms with van der Waals surface area (Å²) in [5.74, 6) is -2.36. The van der Waals surface area contributed by atoms with Crippen LogP contribution in [0.15, 0.2) is 75.1 Å². The molecule has 9 aliphatic rings. The van der Waals surface area contributed by atoms with Crippen molar-refractivity contribution in [2.24, 2.45) is 112 Å². The number of carbonyl (C=O) groups is 14. The van der Waals surface area contributed by atoms with Gasteiger partial charge in [0.25, 0.3) is 0 Å². The predicted molar refractivity (Wildman–Crippen MR) is 579 cm³/mol. The summed E-state index contributed by atoms with van der Waals surface area (Å²) in [6.45, 7) is 55.2. The molecule has 0 radical (unpaired) electrons. The number of thiol groups is 1. The third kappa shape index (κ3) is 29.9. The van der Waals surface area contributed by atoms with Crippen LogP contribution >= 0.6 is 36.2 Å². The van der Waals surface area contributed by atoms with E-state index < -0.39 is 76.2 Å². The molecule has 30 nitrogen and oxygen atoms in total. The Kier molecular flexibility index (Phi) is 46.1. The van der Waals surface area contributed by atoms with Gasteiger partial charge in [0, 0.05) is 116 Å². The third-order valence-electron chi connectivity index (χ3n) is 36.1. The highest BCUT2D eigenvalue weighted by atomic mass is 32.2. The molecule has 9 aliphatic carbocycles. The number of methoxy groups -OCH3 is 3. The largest absolute Gasteiger partial charge is 0.504 e. The minimum absolute atomic E-state index is 0.0879. The summed E-state index contributed by atoms with van der Waals surface area (Å²) in [5.41, 5.74) is 25.4. The van der Waals surface area contributed by atoms with Gasteiger partial charge in [0.15, 0.2) is 17.3 Å². The lowest BCUT2D eigenvalue weighted by Crippen LogP contribution is -2.57. The molecule has 0 spiro atoms. The van der Waals surface area contributed by atoms with E-state index in [2.05, 4.69) is 134 Å². The van der Waals surface area contributed by atoms with Crippen molar-refractivity contribution in [3.05, 3.63) is 91.8 Å². The van der Waals surface area contributed by atoms with Crippen molar-refractivity contribution in [2.75, 3.05) is 58.9 Å². The van der Waals surface area contributed by atoms with Crippen LogP contribution < -0.4 is 42.6 Å². The number of nitrogens with two attached hydrogens (primary N) is 3. The van der Waals surface area contributed by atoms with Crippen molar-refractivity contribution in [3.63, 3.8) is 0 Å². The van der Waals surface area contributed by atoms with E-state index in [1.54, 1.807) is 17.8 Å². The summed E-state index contributed by atoms with van der Waals surface area (Å²) >= 11 is 6.99. The molecule has 6 fully saturated rings. The number of primary amides is 3. The molecule has 0 bridgehead atoms. The number of ketones is 1. The molecule has 33 heteroatoms. The van der Waals surface area contributed by atoms with Gasteiger partial charge in [-0.1, -0.05) is 142 Å². The van der Waals surface area contributed by atoms with Crippen LogP contribution in [0.2, 0.25) is 0 Å². The zero-order valence-corrected chi connectivity index (χ0v) is 96.8. The molecule has 147 heavy (non-hydrogen) atoms. The number of rotatable bonds is 26. The lowest BCUT2D eigenvalue weighted by atomic mass is 9.40. The highest BCUT2D eigenvalue weighted by molar-refractivity contribution is 8.00. The smallest absolute Gasteiger partial charge is 0.329 e. The van der Waals surface area contributed by atoms with Crippen molar-refractivity contribution in [1.82, 2.24) is 16.0 Å². The Balaban J connectivity index is 0.000000358. The molecule has 3 unspecified atom stereocenters. The van der Waals surface area contributed by atoms with Crippen molar-refractivity contribution in [3.8, 4) is 11.5 Å². The van der Waals surface area contributed by atoms with Crippen LogP contribution in [0.25, 0.3) is 0 Å². The molecule has 10 rings (SSSR count). The summed E-state index contributed by atoms with van der Waals surface area (Å²) in [6, 6.07) is -0.380. The minimum atomic E-state index is -0.829. The molecule has 0 aliphatic heterocycles. The van der Waals surface area contributed by atoms with E-state index in [4.69, 9.17) is 41.3 Å². The van der Waals surface area contributed by atoms with Crippen LogP contribution in [0.3, 0.4) is 0 Å². The first kappa shape index (κ1) is 129. The second kappa shape index (κ2) is 52.6. The monoisotopic (exact) mass is 2110 g/mol. The molecule has 0 saturated heterocycles. The molecule has 0 heterocycles. The van der Waals surface area contributed by atoms with Gasteiger partial charge < -0.3 is 82.0 Å². The number of nitrogens with one attached hydrogen (secondary N) is 3. The van der Waals surface area contributed by atoms with Gasteiger partial charge in [-0.2, -0.15) is 24.4 Å². The van der Waals surface area contributed by atoms with E-state index in [-0.39, 0.29) is 154 Å². The van der Waals surface area contributed by atoms with Crippen LogP contribution in [0, 0.1) is 102 Å². The quantitative estimate of drug-likeness (QED) is 0.0102. The zero-order chi connectivity index (χ0) is 112. The maximum atomic E-state index is 12.7. The van der Waals surface area contributed by atoms with Gasteiger partial charge in [-0.3, -0.25) is 52.7 Å². The molecule has 828 valence electrons. The number of fused-ring (bicyclic) bond motifs is 6. The second-order valence-corrected chi connectivity index (χ2v) is 49.7. The third-order valence-corrected chi connectivity index (χ3v) is 39.1. The summed E-state index contributed by atoms with van der Waals surface area (Å²) in [5, 5.41) is 45.4. The molecular weight excluding hydrogens is 1930 g/mol. The van der Waals surface area contributed by atoms with Crippen LogP contribution in [-0.4, -0.2) is 186 Å². The molecule has 1 aromatic carbocycles. The van der Waals surface area contributed by atoms with E-state index in [0.29, 0.717) is 35.2 Å². The number of allylic oxidation sites excluding steroid dienone is 7. The van der Waals surface area contributed by atoms with E-state index in [0.717, 1.165) is 193 Å². The first-order valence-corrected chi connectivity index (χ1v) is 54.9. The summed E-state index contributed by atoms with van der Waals surface area (Å²) < 4.78 is 29.9. The van der Waals surface area contributed by atoms with Gasteiger partial charge in [-0.25, -0.2) is 14.4 Å². The number of benzene rings is 1.